The van der Waals surface area contributed by atoms with E-state index in [0.29, 0.717) is 16.8 Å². The number of ether oxygens (including phenoxy) is 1. The van der Waals surface area contributed by atoms with E-state index in [1.165, 1.54) is 18.2 Å². The van der Waals surface area contributed by atoms with Gasteiger partial charge in [0.1, 0.15) is 5.60 Å². The molecule has 0 aliphatic rings. The number of Topliss-reactive ketones (excluding diaryl/α,β-unsaturated/α-hetero) is 1. The normalized spacial score (nSPS) is 10.5. The fraction of sp³-hybridized carbons (Fsp3) is 0.167. The summed E-state index contributed by atoms with van der Waals surface area (Å²) in [6.07, 6.45) is 10.3. The first-order valence-electron chi connectivity index (χ1n) is 11.2. The van der Waals surface area contributed by atoms with Gasteiger partial charge in [0.15, 0.2) is 5.78 Å². The molecule has 0 aromatic heterocycles. The Bertz CT molecular complexity index is 1310. The lowest BCUT2D eigenvalue weighted by atomic mass is 9.99. The molecular formula is C30H26N2O4. The molecule has 180 valence electrons. The first kappa shape index (κ1) is 25.8. The van der Waals surface area contributed by atoms with Crippen molar-refractivity contribution < 1.29 is 19.1 Å². The Hall–Kier alpha value is -4.81. The van der Waals surface area contributed by atoms with Crippen LogP contribution in [0.2, 0.25) is 0 Å². The Morgan fingerprint density at radius 2 is 1.44 bits per heavy atom. The molecule has 3 rings (SSSR count). The standard InChI is InChI=1S/C30H26N2O4/c1-6-20-10-8-12-22(14-20)16-27(33)23-17-24(19-26(18-23)32-29(35)36-30(3,4)5)28(34)31-25-13-9-11-21(7-2)15-25/h1-2,8-15,17-19H,16H2,3-5H3,(H,31,34)(H,32,35). The minimum absolute atomic E-state index is 0.0662. The van der Waals surface area contributed by atoms with Gasteiger partial charge in [0.2, 0.25) is 0 Å². The van der Waals surface area contributed by atoms with Gasteiger partial charge in [-0.25, -0.2) is 4.79 Å². The highest BCUT2D eigenvalue weighted by molar-refractivity contribution is 6.08. The monoisotopic (exact) mass is 478 g/mol. The van der Waals surface area contributed by atoms with Gasteiger partial charge >= 0.3 is 6.09 Å². The van der Waals surface area contributed by atoms with Crippen molar-refractivity contribution in [3.05, 3.63) is 94.5 Å². The number of terminal acetylenes is 2. The molecule has 3 aromatic rings. The molecule has 6 nitrogen and oxygen atoms in total. The van der Waals surface area contributed by atoms with E-state index in [2.05, 4.69) is 22.5 Å². The summed E-state index contributed by atoms with van der Waals surface area (Å²) in [5.41, 5.74) is 2.45. The van der Waals surface area contributed by atoms with Crippen molar-refractivity contribution >= 4 is 29.2 Å². The Morgan fingerprint density at radius 1 is 0.806 bits per heavy atom. The average molecular weight is 479 g/mol. The first-order chi connectivity index (χ1) is 17.1. The van der Waals surface area contributed by atoms with Crippen molar-refractivity contribution in [3.63, 3.8) is 0 Å². The number of benzene rings is 3. The zero-order valence-electron chi connectivity index (χ0n) is 20.3. The quantitative estimate of drug-likeness (QED) is 0.353. The van der Waals surface area contributed by atoms with Crippen molar-refractivity contribution in [1.29, 1.82) is 0 Å². The average Bonchev–Trinajstić information content (AvgIpc) is 2.82. The third kappa shape index (κ3) is 7.35. The zero-order valence-corrected chi connectivity index (χ0v) is 20.3. The third-order valence-electron chi connectivity index (χ3n) is 4.91. The summed E-state index contributed by atoms with van der Waals surface area (Å²) >= 11 is 0. The van der Waals surface area contributed by atoms with Gasteiger partial charge in [-0.2, -0.15) is 0 Å². The topological polar surface area (TPSA) is 84.5 Å². The number of amides is 2. The number of carbonyl (C=O) groups is 3. The van der Waals surface area contributed by atoms with Crippen LogP contribution >= 0.6 is 0 Å². The molecule has 0 aliphatic heterocycles. The number of rotatable bonds is 6. The summed E-state index contributed by atoms with van der Waals surface area (Å²) in [5, 5.41) is 5.38. The number of carbonyl (C=O) groups excluding carboxylic acids is 3. The lowest BCUT2D eigenvalue weighted by molar-refractivity contribution is 0.0635. The Kier molecular flexibility index (Phi) is 7.94. The second-order valence-electron chi connectivity index (χ2n) is 9.05. The molecule has 36 heavy (non-hydrogen) atoms. The second kappa shape index (κ2) is 11.1. The lowest BCUT2D eigenvalue weighted by Gasteiger charge is -2.20. The van der Waals surface area contributed by atoms with E-state index in [4.69, 9.17) is 17.6 Å². The van der Waals surface area contributed by atoms with Crippen molar-refractivity contribution in [2.24, 2.45) is 0 Å². The molecule has 3 aromatic carbocycles. The van der Waals surface area contributed by atoms with E-state index in [-0.39, 0.29) is 29.0 Å². The first-order valence-corrected chi connectivity index (χ1v) is 11.2. The van der Waals surface area contributed by atoms with E-state index in [0.717, 1.165) is 5.56 Å². The van der Waals surface area contributed by atoms with Crippen LogP contribution in [0.1, 0.15) is 58.2 Å². The van der Waals surface area contributed by atoms with Crippen LogP contribution < -0.4 is 10.6 Å². The number of hydrogen-bond donors (Lipinski definition) is 2. The van der Waals surface area contributed by atoms with E-state index >= 15 is 0 Å². The predicted octanol–water partition coefficient (Wildman–Crippen LogP) is 5.67. The van der Waals surface area contributed by atoms with Crippen LogP contribution in [0.15, 0.2) is 66.7 Å². The minimum atomic E-state index is -0.720. The lowest BCUT2D eigenvalue weighted by Crippen LogP contribution is -2.27. The minimum Gasteiger partial charge on any atom is -0.444 e. The molecule has 2 N–H and O–H groups in total. The summed E-state index contributed by atoms with van der Waals surface area (Å²) < 4.78 is 5.31. The van der Waals surface area contributed by atoms with Gasteiger partial charge in [-0.3, -0.25) is 14.9 Å². The van der Waals surface area contributed by atoms with Crippen LogP contribution in [-0.4, -0.2) is 23.4 Å². The fourth-order valence-corrected chi connectivity index (χ4v) is 3.36. The van der Waals surface area contributed by atoms with Crippen LogP contribution in [0.25, 0.3) is 0 Å². The maximum Gasteiger partial charge on any atom is 0.412 e. The van der Waals surface area contributed by atoms with Gasteiger partial charge in [0.25, 0.3) is 5.91 Å². The molecule has 6 heteroatoms. The van der Waals surface area contributed by atoms with E-state index in [1.807, 2.05) is 0 Å². The molecule has 0 unspecified atom stereocenters. The van der Waals surface area contributed by atoms with Gasteiger partial charge < -0.3 is 10.1 Å². The third-order valence-corrected chi connectivity index (χ3v) is 4.91. The molecular weight excluding hydrogens is 452 g/mol. The smallest absolute Gasteiger partial charge is 0.412 e. The Labute approximate surface area is 211 Å². The van der Waals surface area contributed by atoms with Gasteiger partial charge in [-0.1, -0.05) is 30.0 Å². The molecule has 0 saturated carbocycles. The molecule has 0 fully saturated rings. The van der Waals surface area contributed by atoms with Crippen LogP contribution in [-0.2, 0) is 11.2 Å². The van der Waals surface area contributed by atoms with Gasteiger partial charge in [0, 0.05) is 40.0 Å². The summed E-state index contributed by atoms with van der Waals surface area (Å²) in [6.45, 7) is 5.21. The number of ketones is 1. The second-order valence-corrected chi connectivity index (χ2v) is 9.05. The van der Waals surface area contributed by atoms with Crippen LogP contribution in [0.4, 0.5) is 16.2 Å². The highest BCUT2D eigenvalue weighted by Gasteiger charge is 2.19. The highest BCUT2D eigenvalue weighted by atomic mass is 16.6. The SMILES string of the molecule is C#Cc1cccc(CC(=O)c2cc(NC(=O)OC(C)(C)C)cc(C(=O)Nc3cccc(C#C)c3)c2)c1. The van der Waals surface area contributed by atoms with E-state index < -0.39 is 17.6 Å². The summed E-state index contributed by atoms with van der Waals surface area (Å²) in [6, 6.07) is 18.4. The molecule has 2 amide bonds. The van der Waals surface area contributed by atoms with Gasteiger partial charge in [-0.05, 0) is 74.9 Å². The van der Waals surface area contributed by atoms with E-state index in [9.17, 15) is 14.4 Å². The van der Waals surface area contributed by atoms with Gasteiger partial charge in [0.05, 0.1) is 0 Å². The Morgan fingerprint density at radius 3 is 2.11 bits per heavy atom. The molecule has 0 aliphatic carbocycles. The molecule has 0 spiro atoms. The zero-order chi connectivity index (χ0) is 26.3. The molecule has 0 atom stereocenters. The summed E-state index contributed by atoms with van der Waals surface area (Å²) in [5.74, 6) is 4.34. The molecule has 0 radical (unpaired) electrons. The van der Waals surface area contributed by atoms with Crippen LogP contribution in [0.5, 0.6) is 0 Å². The van der Waals surface area contributed by atoms with Crippen molar-refractivity contribution in [2.75, 3.05) is 10.6 Å². The molecule has 0 heterocycles. The van der Waals surface area contributed by atoms with Crippen LogP contribution in [0.3, 0.4) is 0 Å². The largest absolute Gasteiger partial charge is 0.444 e. The fourth-order valence-electron chi connectivity index (χ4n) is 3.36. The maximum absolute atomic E-state index is 13.1. The van der Waals surface area contributed by atoms with Crippen molar-refractivity contribution in [3.8, 4) is 24.7 Å². The number of nitrogens with one attached hydrogen (secondary N) is 2. The maximum atomic E-state index is 13.1. The van der Waals surface area contributed by atoms with Crippen LogP contribution in [0, 0.1) is 24.7 Å². The van der Waals surface area contributed by atoms with Gasteiger partial charge in [-0.15, -0.1) is 12.8 Å². The number of anilines is 2. The summed E-state index contributed by atoms with van der Waals surface area (Å²) in [7, 11) is 0. The molecule has 0 saturated heterocycles. The van der Waals surface area contributed by atoms with E-state index in [1.54, 1.807) is 69.3 Å². The summed E-state index contributed by atoms with van der Waals surface area (Å²) in [4.78, 5) is 38.6. The Balaban J connectivity index is 1.92. The van der Waals surface area contributed by atoms with Crippen molar-refractivity contribution in [2.45, 2.75) is 32.8 Å². The predicted molar refractivity (Wildman–Crippen MR) is 141 cm³/mol. The number of hydrogen-bond acceptors (Lipinski definition) is 4. The highest BCUT2D eigenvalue weighted by Crippen LogP contribution is 2.21. The van der Waals surface area contributed by atoms with Crippen molar-refractivity contribution in [1.82, 2.24) is 0 Å². The molecule has 0 bridgehead atoms.